The Hall–Kier alpha value is -2.81. The van der Waals surface area contributed by atoms with Crippen LogP contribution in [0.2, 0.25) is 0 Å². The minimum atomic E-state index is -0.674. The van der Waals surface area contributed by atoms with Crippen molar-refractivity contribution in [2.45, 2.75) is 6.61 Å². The molecule has 0 heterocycles. The molecule has 2 aromatic rings. The van der Waals surface area contributed by atoms with Gasteiger partial charge in [-0.25, -0.2) is 9.18 Å². The largest absolute Gasteiger partial charge is 0.493 e. The van der Waals surface area contributed by atoms with Gasteiger partial charge in [0.15, 0.2) is 18.1 Å². The molecule has 0 aliphatic heterocycles. The number of halogens is 2. The van der Waals surface area contributed by atoms with Crippen molar-refractivity contribution in [3.63, 3.8) is 0 Å². The Kier molecular flexibility index (Phi) is 7.00. The number of hydrogen-bond acceptors (Lipinski definition) is 6. The molecule has 144 valence electrons. The van der Waals surface area contributed by atoms with Gasteiger partial charge in [0, 0.05) is 10.0 Å². The van der Waals surface area contributed by atoms with Crippen LogP contribution in [0.25, 0.3) is 0 Å². The van der Waals surface area contributed by atoms with E-state index in [1.54, 1.807) is 0 Å². The van der Waals surface area contributed by atoms with Gasteiger partial charge in [0.05, 0.1) is 19.8 Å². The van der Waals surface area contributed by atoms with Gasteiger partial charge in [0.25, 0.3) is 5.91 Å². The Morgan fingerprint density at radius 2 is 1.74 bits per heavy atom. The van der Waals surface area contributed by atoms with Gasteiger partial charge in [-0.05, 0) is 24.3 Å². The number of nitrogens with two attached hydrogens (primary N) is 1. The number of methoxy groups -OCH3 is 2. The zero-order valence-electron chi connectivity index (χ0n) is 14.6. The van der Waals surface area contributed by atoms with Gasteiger partial charge in [-0.3, -0.25) is 4.79 Å². The highest BCUT2D eigenvalue weighted by Gasteiger charge is 2.19. The molecule has 0 aliphatic rings. The normalized spacial score (nSPS) is 10.2. The average molecular weight is 442 g/mol. The van der Waals surface area contributed by atoms with E-state index in [9.17, 15) is 14.0 Å². The molecule has 0 spiro atoms. The highest BCUT2D eigenvalue weighted by atomic mass is 79.9. The standard InChI is InChI=1S/C18H17BrFNO6/c1-24-14-5-11(6-15(25-2)17(14)26-9-16(21)22)18(23)27-8-10-3-4-12(20)7-13(10)19/h3-7H,8-9H2,1-2H3,(H2,21,22). The second-order valence-corrected chi connectivity index (χ2v) is 6.13. The number of carbonyl (C=O) groups is 2. The molecule has 0 saturated heterocycles. The molecular weight excluding hydrogens is 425 g/mol. The summed E-state index contributed by atoms with van der Waals surface area (Å²) in [5.41, 5.74) is 5.82. The van der Waals surface area contributed by atoms with Gasteiger partial charge in [-0.15, -0.1) is 0 Å². The molecule has 1 amide bonds. The van der Waals surface area contributed by atoms with Crippen LogP contribution in [0.1, 0.15) is 15.9 Å². The summed E-state index contributed by atoms with van der Waals surface area (Å²) in [7, 11) is 2.74. The number of benzene rings is 2. The maximum atomic E-state index is 13.1. The third kappa shape index (κ3) is 5.33. The van der Waals surface area contributed by atoms with Gasteiger partial charge >= 0.3 is 5.97 Å². The van der Waals surface area contributed by atoms with Crippen LogP contribution in [0.3, 0.4) is 0 Å². The van der Waals surface area contributed by atoms with Crippen LogP contribution in [-0.4, -0.2) is 32.7 Å². The van der Waals surface area contributed by atoms with Crippen LogP contribution >= 0.6 is 15.9 Å². The van der Waals surface area contributed by atoms with E-state index in [0.717, 1.165) is 0 Å². The van der Waals surface area contributed by atoms with Gasteiger partial charge in [0.1, 0.15) is 12.4 Å². The molecule has 0 aromatic heterocycles. The number of rotatable bonds is 8. The zero-order valence-corrected chi connectivity index (χ0v) is 16.2. The first-order chi connectivity index (χ1) is 12.8. The lowest BCUT2D eigenvalue weighted by molar-refractivity contribution is -0.120. The fourth-order valence-electron chi connectivity index (χ4n) is 2.15. The van der Waals surface area contributed by atoms with E-state index >= 15 is 0 Å². The Morgan fingerprint density at radius 3 is 2.26 bits per heavy atom. The zero-order chi connectivity index (χ0) is 20.0. The first-order valence-corrected chi connectivity index (χ1v) is 8.43. The van der Waals surface area contributed by atoms with Crippen molar-refractivity contribution in [1.82, 2.24) is 0 Å². The molecule has 2 N–H and O–H groups in total. The summed E-state index contributed by atoms with van der Waals surface area (Å²) in [6.45, 7) is -0.445. The van der Waals surface area contributed by atoms with Crippen molar-refractivity contribution in [1.29, 1.82) is 0 Å². The van der Waals surface area contributed by atoms with E-state index in [1.807, 2.05) is 0 Å². The van der Waals surface area contributed by atoms with E-state index in [4.69, 9.17) is 24.7 Å². The molecule has 2 aromatic carbocycles. The number of amides is 1. The molecule has 0 unspecified atom stereocenters. The average Bonchev–Trinajstić information content (AvgIpc) is 2.64. The second kappa shape index (κ2) is 9.22. The van der Waals surface area contributed by atoms with Crippen LogP contribution in [0.15, 0.2) is 34.8 Å². The van der Waals surface area contributed by atoms with Crippen LogP contribution < -0.4 is 19.9 Å². The molecular formula is C18H17BrFNO6. The number of hydrogen-bond donors (Lipinski definition) is 1. The summed E-state index contributed by atoms with van der Waals surface area (Å²) in [5, 5.41) is 0. The highest BCUT2D eigenvalue weighted by Crippen LogP contribution is 2.38. The van der Waals surface area contributed by atoms with E-state index in [0.29, 0.717) is 10.0 Å². The predicted molar refractivity (Wildman–Crippen MR) is 97.5 cm³/mol. The maximum Gasteiger partial charge on any atom is 0.338 e. The lowest BCUT2D eigenvalue weighted by Crippen LogP contribution is -2.20. The van der Waals surface area contributed by atoms with Crippen molar-refractivity contribution < 1.29 is 32.9 Å². The van der Waals surface area contributed by atoms with Gasteiger partial charge < -0.3 is 24.7 Å². The van der Waals surface area contributed by atoms with Crippen LogP contribution in [0.5, 0.6) is 17.2 Å². The van der Waals surface area contributed by atoms with Crippen LogP contribution in [0, 0.1) is 5.82 Å². The van der Waals surface area contributed by atoms with E-state index < -0.39 is 17.7 Å². The minimum Gasteiger partial charge on any atom is -0.493 e. The first-order valence-electron chi connectivity index (χ1n) is 7.64. The van der Waals surface area contributed by atoms with Crippen molar-refractivity contribution in [2.24, 2.45) is 5.73 Å². The number of ether oxygens (including phenoxy) is 4. The number of carbonyl (C=O) groups excluding carboxylic acids is 2. The lowest BCUT2D eigenvalue weighted by Gasteiger charge is -2.15. The fraction of sp³-hybridized carbons (Fsp3) is 0.222. The van der Waals surface area contributed by atoms with Gasteiger partial charge in [0.2, 0.25) is 5.75 Å². The fourth-order valence-corrected chi connectivity index (χ4v) is 2.61. The van der Waals surface area contributed by atoms with Crippen molar-refractivity contribution >= 4 is 27.8 Å². The molecule has 0 aliphatic carbocycles. The van der Waals surface area contributed by atoms with Gasteiger partial charge in [-0.2, -0.15) is 0 Å². The van der Waals surface area contributed by atoms with E-state index in [2.05, 4.69) is 15.9 Å². The maximum absolute atomic E-state index is 13.1. The van der Waals surface area contributed by atoms with E-state index in [-0.39, 0.29) is 36.0 Å². The van der Waals surface area contributed by atoms with Gasteiger partial charge in [-0.1, -0.05) is 22.0 Å². The third-order valence-electron chi connectivity index (χ3n) is 3.43. The van der Waals surface area contributed by atoms with E-state index in [1.165, 1.54) is 44.6 Å². The lowest BCUT2D eigenvalue weighted by atomic mass is 10.1. The predicted octanol–water partition coefficient (Wildman–Crippen LogP) is 2.83. The Morgan fingerprint density at radius 1 is 1.11 bits per heavy atom. The van der Waals surface area contributed by atoms with Crippen molar-refractivity contribution in [2.75, 3.05) is 20.8 Å². The number of esters is 1. The molecule has 27 heavy (non-hydrogen) atoms. The van der Waals surface area contributed by atoms with Crippen LogP contribution in [0.4, 0.5) is 4.39 Å². The number of primary amides is 1. The summed E-state index contributed by atoms with van der Waals surface area (Å²) in [5.74, 6) is -1.25. The second-order valence-electron chi connectivity index (χ2n) is 5.28. The van der Waals surface area contributed by atoms with Crippen molar-refractivity contribution in [3.8, 4) is 17.2 Å². The topological polar surface area (TPSA) is 97.1 Å². The Balaban J connectivity index is 2.21. The summed E-state index contributed by atoms with van der Waals surface area (Å²) in [6.07, 6.45) is 0. The smallest absolute Gasteiger partial charge is 0.338 e. The molecule has 0 atom stereocenters. The molecule has 7 nitrogen and oxygen atoms in total. The Bertz CT molecular complexity index is 833. The highest BCUT2D eigenvalue weighted by molar-refractivity contribution is 9.10. The Labute approximate surface area is 163 Å². The molecule has 0 saturated carbocycles. The third-order valence-corrected chi connectivity index (χ3v) is 4.17. The quantitative estimate of drug-likeness (QED) is 0.632. The SMILES string of the molecule is COc1cc(C(=O)OCc2ccc(F)cc2Br)cc(OC)c1OCC(N)=O. The molecule has 0 bridgehead atoms. The van der Waals surface area contributed by atoms with Crippen molar-refractivity contribution in [3.05, 3.63) is 51.7 Å². The summed E-state index contributed by atoms with van der Waals surface area (Å²) in [6, 6.07) is 6.83. The first kappa shape index (κ1) is 20.5. The summed E-state index contributed by atoms with van der Waals surface area (Å²) >= 11 is 3.21. The molecule has 2 rings (SSSR count). The molecule has 9 heteroatoms. The minimum absolute atomic E-state index is 0.0652. The monoisotopic (exact) mass is 441 g/mol. The van der Waals surface area contributed by atoms with Crippen LogP contribution in [-0.2, 0) is 16.1 Å². The molecule has 0 radical (unpaired) electrons. The summed E-state index contributed by atoms with van der Waals surface area (Å²) in [4.78, 5) is 23.3. The summed E-state index contributed by atoms with van der Waals surface area (Å²) < 4.78 is 34.5. The molecule has 0 fully saturated rings.